The van der Waals surface area contributed by atoms with Gasteiger partial charge in [0.1, 0.15) is 5.75 Å². The van der Waals surface area contributed by atoms with E-state index in [4.69, 9.17) is 4.74 Å². The average Bonchev–Trinajstić information content (AvgIpc) is 3.09. The maximum Gasteiger partial charge on any atom is 0.422 e. The number of alkyl halides is 3. The van der Waals surface area contributed by atoms with E-state index in [-0.39, 0.29) is 24.1 Å². The molecule has 158 valence electrons. The first-order valence-corrected chi connectivity index (χ1v) is 10.4. The van der Waals surface area contributed by atoms with Gasteiger partial charge in [0, 0.05) is 24.4 Å². The van der Waals surface area contributed by atoms with E-state index >= 15 is 0 Å². The van der Waals surface area contributed by atoms with Gasteiger partial charge in [0.05, 0.1) is 10.7 Å². The first-order valence-electron chi connectivity index (χ1n) is 9.48. The molecule has 29 heavy (non-hydrogen) atoms. The van der Waals surface area contributed by atoms with Gasteiger partial charge < -0.3 is 10.1 Å². The number of benzene rings is 1. The van der Waals surface area contributed by atoms with Crippen molar-refractivity contribution in [3.05, 3.63) is 45.9 Å². The Morgan fingerprint density at radius 2 is 2.10 bits per heavy atom. The van der Waals surface area contributed by atoms with Crippen molar-refractivity contribution in [3.63, 3.8) is 0 Å². The SMILES string of the molecule is Cc1nc(CN2CCC(C(=O)NCc3cccc(OCC(F)(F)F)c3)CC2)cs1. The molecule has 3 rings (SSSR count). The van der Waals surface area contributed by atoms with Gasteiger partial charge in [-0.05, 0) is 50.6 Å². The van der Waals surface area contributed by atoms with Crippen molar-refractivity contribution in [2.75, 3.05) is 19.7 Å². The fourth-order valence-corrected chi connectivity index (χ4v) is 3.91. The molecular formula is C20H24F3N3O2S. The van der Waals surface area contributed by atoms with E-state index in [2.05, 4.69) is 20.6 Å². The van der Waals surface area contributed by atoms with Gasteiger partial charge in [0.15, 0.2) is 6.61 Å². The normalized spacial score (nSPS) is 16.0. The third kappa shape index (κ3) is 7.01. The molecule has 0 bridgehead atoms. The Morgan fingerprint density at radius 1 is 1.34 bits per heavy atom. The molecule has 0 saturated carbocycles. The monoisotopic (exact) mass is 427 g/mol. The van der Waals surface area contributed by atoms with Crippen LogP contribution in [0.25, 0.3) is 0 Å². The molecule has 1 amide bonds. The van der Waals surface area contributed by atoms with Gasteiger partial charge in [0.2, 0.25) is 5.91 Å². The minimum absolute atomic E-state index is 0.0178. The highest BCUT2D eigenvalue weighted by Crippen LogP contribution is 2.21. The number of carbonyl (C=O) groups excluding carboxylic acids is 1. The summed E-state index contributed by atoms with van der Waals surface area (Å²) >= 11 is 1.64. The maximum absolute atomic E-state index is 12.5. The molecule has 0 unspecified atom stereocenters. The lowest BCUT2D eigenvalue weighted by Crippen LogP contribution is -2.40. The van der Waals surface area contributed by atoms with E-state index in [1.165, 1.54) is 12.1 Å². The first-order chi connectivity index (χ1) is 13.8. The van der Waals surface area contributed by atoms with E-state index < -0.39 is 12.8 Å². The van der Waals surface area contributed by atoms with Crippen LogP contribution < -0.4 is 10.1 Å². The van der Waals surface area contributed by atoms with Crippen LogP contribution in [0.3, 0.4) is 0 Å². The number of nitrogens with one attached hydrogen (secondary N) is 1. The number of hydrogen-bond donors (Lipinski definition) is 1. The summed E-state index contributed by atoms with van der Waals surface area (Å²) in [5.74, 6) is 0.0727. The molecule has 0 spiro atoms. The zero-order valence-electron chi connectivity index (χ0n) is 16.2. The zero-order valence-corrected chi connectivity index (χ0v) is 17.0. The molecule has 5 nitrogen and oxygen atoms in total. The molecular weight excluding hydrogens is 403 g/mol. The van der Waals surface area contributed by atoms with Crippen LogP contribution in [0.2, 0.25) is 0 Å². The molecule has 2 aromatic rings. The van der Waals surface area contributed by atoms with Crippen molar-refractivity contribution in [3.8, 4) is 5.75 Å². The van der Waals surface area contributed by atoms with Gasteiger partial charge in [0.25, 0.3) is 0 Å². The van der Waals surface area contributed by atoms with Gasteiger partial charge in [-0.1, -0.05) is 12.1 Å². The number of halogens is 3. The summed E-state index contributed by atoms with van der Waals surface area (Å²) in [6.45, 7) is 3.42. The summed E-state index contributed by atoms with van der Waals surface area (Å²) < 4.78 is 41.5. The van der Waals surface area contributed by atoms with E-state index in [1.807, 2.05) is 6.92 Å². The lowest BCUT2D eigenvalue weighted by Gasteiger charge is -2.30. The lowest BCUT2D eigenvalue weighted by molar-refractivity contribution is -0.153. The Kier molecular flexibility index (Phi) is 7.13. The van der Waals surface area contributed by atoms with Gasteiger partial charge in [-0.3, -0.25) is 9.69 Å². The quantitative estimate of drug-likeness (QED) is 0.728. The van der Waals surface area contributed by atoms with Crippen LogP contribution in [-0.4, -0.2) is 41.7 Å². The van der Waals surface area contributed by atoms with Crippen molar-refractivity contribution in [2.45, 2.75) is 39.0 Å². The average molecular weight is 427 g/mol. The second-order valence-corrected chi connectivity index (χ2v) is 8.24. The highest BCUT2D eigenvalue weighted by molar-refractivity contribution is 7.09. The summed E-state index contributed by atoms with van der Waals surface area (Å²) in [4.78, 5) is 19.2. The third-order valence-corrected chi connectivity index (χ3v) is 5.60. The Labute approximate surface area is 171 Å². The van der Waals surface area contributed by atoms with Crippen molar-refractivity contribution in [1.82, 2.24) is 15.2 Å². The molecule has 0 radical (unpaired) electrons. The van der Waals surface area contributed by atoms with Crippen molar-refractivity contribution < 1.29 is 22.7 Å². The molecule has 1 fully saturated rings. The lowest BCUT2D eigenvalue weighted by atomic mass is 9.95. The Bertz CT molecular complexity index is 817. The van der Waals surface area contributed by atoms with Crippen LogP contribution in [0.4, 0.5) is 13.2 Å². The number of likely N-dealkylation sites (tertiary alicyclic amines) is 1. The van der Waals surface area contributed by atoms with Gasteiger partial charge in [-0.25, -0.2) is 4.98 Å². The van der Waals surface area contributed by atoms with Gasteiger partial charge in [-0.15, -0.1) is 11.3 Å². The summed E-state index contributed by atoms with van der Waals surface area (Å²) in [6, 6.07) is 6.35. The predicted octanol–water partition coefficient (Wildman–Crippen LogP) is 3.92. The molecule has 1 aromatic heterocycles. The van der Waals surface area contributed by atoms with Gasteiger partial charge in [-0.2, -0.15) is 13.2 Å². The van der Waals surface area contributed by atoms with E-state index in [1.54, 1.807) is 23.5 Å². The van der Waals surface area contributed by atoms with E-state index in [0.29, 0.717) is 5.56 Å². The molecule has 0 aliphatic carbocycles. The number of ether oxygens (including phenoxy) is 1. The third-order valence-electron chi connectivity index (χ3n) is 4.78. The molecule has 1 aliphatic heterocycles. The summed E-state index contributed by atoms with van der Waals surface area (Å²) in [5.41, 5.74) is 1.78. The molecule has 2 heterocycles. The molecule has 1 aliphatic rings. The standard InChI is InChI=1S/C20H24F3N3O2S/c1-14-25-17(12-29-14)11-26-7-5-16(6-8-26)19(27)24-10-15-3-2-4-18(9-15)28-13-20(21,22)23/h2-4,9,12,16H,5-8,10-11,13H2,1H3,(H,24,27). The zero-order chi connectivity index (χ0) is 20.9. The highest BCUT2D eigenvalue weighted by atomic mass is 32.1. The van der Waals surface area contributed by atoms with Crippen molar-refractivity contribution >= 4 is 17.2 Å². The first kappa shape index (κ1) is 21.6. The fraction of sp³-hybridized carbons (Fsp3) is 0.500. The van der Waals surface area contributed by atoms with Gasteiger partial charge >= 0.3 is 6.18 Å². The smallest absolute Gasteiger partial charge is 0.422 e. The highest BCUT2D eigenvalue weighted by Gasteiger charge is 2.28. The molecule has 9 heteroatoms. The van der Waals surface area contributed by atoms with Crippen LogP contribution in [0.1, 0.15) is 29.1 Å². The summed E-state index contributed by atoms with van der Waals surface area (Å²) in [6.07, 6.45) is -2.81. The number of amides is 1. The Balaban J connectivity index is 1.42. The maximum atomic E-state index is 12.5. The summed E-state index contributed by atoms with van der Waals surface area (Å²) in [5, 5.41) is 6.02. The molecule has 1 aromatic carbocycles. The predicted molar refractivity (Wildman–Crippen MR) is 105 cm³/mol. The Hall–Kier alpha value is -2.13. The van der Waals surface area contributed by atoms with Crippen LogP contribution >= 0.6 is 11.3 Å². The van der Waals surface area contributed by atoms with Crippen LogP contribution in [0, 0.1) is 12.8 Å². The minimum atomic E-state index is -4.38. The van der Waals surface area contributed by atoms with Crippen molar-refractivity contribution in [1.29, 1.82) is 0 Å². The minimum Gasteiger partial charge on any atom is -0.484 e. The van der Waals surface area contributed by atoms with Crippen LogP contribution in [-0.2, 0) is 17.9 Å². The topological polar surface area (TPSA) is 54.5 Å². The molecule has 1 saturated heterocycles. The largest absolute Gasteiger partial charge is 0.484 e. The number of thiazole rings is 1. The second kappa shape index (κ2) is 9.58. The van der Waals surface area contributed by atoms with Crippen LogP contribution in [0.15, 0.2) is 29.6 Å². The number of rotatable bonds is 7. The fourth-order valence-electron chi connectivity index (χ4n) is 3.31. The number of aryl methyl sites for hydroxylation is 1. The number of piperidine rings is 1. The number of carbonyl (C=O) groups is 1. The van der Waals surface area contributed by atoms with Crippen LogP contribution in [0.5, 0.6) is 5.75 Å². The molecule has 0 atom stereocenters. The summed E-state index contributed by atoms with van der Waals surface area (Å²) in [7, 11) is 0. The number of nitrogens with zero attached hydrogens (tertiary/aromatic N) is 2. The van der Waals surface area contributed by atoms with E-state index in [9.17, 15) is 18.0 Å². The molecule has 1 N–H and O–H groups in total. The Morgan fingerprint density at radius 3 is 2.76 bits per heavy atom. The second-order valence-electron chi connectivity index (χ2n) is 7.18. The van der Waals surface area contributed by atoms with E-state index in [0.717, 1.165) is 43.2 Å². The number of aromatic nitrogens is 1. The number of hydrogen-bond acceptors (Lipinski definition) is 5. The van der Waals surface area contributed by atoms with Crippen molar-refractivity contribution in [2.24, 2.45) is 5.92 Å².